The molecule has 1 saturated heterocycles. The average molecular weight is 480 g/mol. The second-order valence-corrected chi connectivity index (χ2v) is 10.0. The number of likely N-dealkylation sites (tertiary alicyclic amines) is 1. The number of piperidine rings is 1. The Morgan fingerprint density at radius 1 is 1.29 bits per heavy atom. The van der Waals surface area contributed by atoms with Crippen LogP contribution in [-0.2, 0) is 4.79 Å². The SMILES string of the molecule is COc1ccc2nccc(C(O)CC[C@@H]3CCN(C4CC(c5cc(C)on5)C4)C[C@@H]3C(=O)O)c2c1. The van der Waals surface area contributed by atoms with Gasteiger partial charge in [0, 0.05) is 36.2 Å². The van der Waals surface area contributed by atoms with Crippen LogP contribution in [0.15, 0.2) is 41.1 Å². The van der Waals surface area contributed by atoms with Crippen LogP contribution in [0.3, 0.4) is 0 Å². The number of aliphatic hydroxyl groups is 1. The number of hydrogen-bond acceptors (Lipinski definition) is 7. The van der Waals surface area contributed by atoms with Gasteiger partial charge in [0.2, 0.25) is 0 Å². The van der Waals surface area contributed by atoms with Gasteiger partial charge >= 0.3 is 5.97 Å². The Kier molecular flexibility index (Phi) is 6.75. The molecule has 0 amide bonds. The molecule has 3 atom stereocenters. The Bertz CT molecular complexity index is 1190. The summed E-state index contributed by atoms with van der Waals surface area (Å²) in [5, 5.41) is 26.0. The van der Waals surface area contributed by atoms with E-state index in [1.165, 1.54) is 0 Å². The maximum atomic E-state index is 12.2. The van der Waals surface area contributed by atoms with Crippen LogP contribution in [0.4, 0.5) is 0 Å². The van der Waals surface area contributed by atoms with Crippen LogP contribution in [0.5, 0.6) is 5.75 Å². The van der Waals surface area contributed by atoms with Gasteiger partial charge in [0.1, 0.15) is 11.5 Å². The molecule has 8 nitrogen and oxygen atoms in total. The van der Waals surface area contributed by atoms with Crippen LogP contribution in [0, 0.1) is 18.8 Å². The normalized spacial score (nSPS) is 25.8. The van der Waals surface area contributed by atoms with E-state index < -0.39 is 18.0 Å². The number of carboxylic acids is 1. The monoisotopic (exact) mass is 479 g/mol. The summed E-state index contributed by atoms with van der Waals surface area (Å²) in [7, 11) is 1.62. The molecule has 2 aromatic heterocycles. The second kappa shape index (κ2) is 9.95. The molecular formula is C27H33N3O5. The summed E-state index contributed by atoms with van der Waals surface area (Å²) in [6, 6.07) is 9.88. The van der Waals surface area contributed by atoms with E-state index in [4.69, 9.17) is 9.26 Å². The number of pyridine rings is 1. The van der Waals surface area contributed by atoms with Gasteiger partial charge in [0.05, 0.1) is 30.3 Å². The highest BCUT2D eigenvalue weighted by molar-refractivity contribution is 5.83. The highest BCUT2D eigenvalue weighted by atomic mass is 16.5. The summed E-state index contributed by atoms with van der Waals surface area (Å²) >= 11 is 0. The van der Waals surface area contributed by atoms with Gasteiger partial charge in [-0.3, -0.25) is 14.7 Å². The lowest BCUT2D eigenvalue weighted by Gasteiger charge is -2.47. The van der Waals surface area contributed by atoms with Crippen molar-refractivity contribution in [3.8, 4) is 5.75 Å². The smallest absolute Gasteiger partial charge is 0.308 e. The fraction of sp³-hybridized carbons (Fsp3) is 0.519. The molecule has 35 heavy (non-hydrogen) atoms. The van der Waals surface area contributed by atoms with Gasteiger partial charge in [-0.1, -0.05) is 5.16 Å². The van der Waals surface area contributed by atoms with Crippen molar-refractivity contribution in [2.24, 2.45) is 11.8 Å². The minimum Gasteiger partial charge on any atom is -0.497 e. The zero-order chi connectivity index (χ0) is 24.5. The third kappa shape index (κ3) is 4.90. The molecule has 186 valence electrons. The number of aliphatic carboxylic acids is 1. The number of aromatic nitrogens is 2. The third-order valence-corrected chi connectivity index (χ3v) is 7.95. The van der Waals surface area contributed by atoms with E-state index in [0.717, 1.165) is 53.7 Å². The highest BCUT2D eigenvalue weighted by Crippen LogP contribution is 2.42. The van der Waals surface area contributed by atoms with Crippen LogP contribution in [0.25, 0.3) is 10.9 Å². The zero-order valence-corrected chi connectivity index (χ0v) is 20.3. The molecular weight excluding hydrogens is 446 g/mol. The standard InChI is InChI=1S/C27H33N3O5/c1-16-11-25(29-35-16)18-12-19(13-18)30-10-8-17(23(15-30)27(32)33)3-6-26(31)21-7-9-28-24-5-4-20(34-2)14-22(21)24/h4-5,7,9,11,14,17-19,23,26,31H,3,6,8,10,12-13,15H2,1-2H3,(H,32,33)/t17-,18?,19?,23+,26?/m1/s1. The largest absolute Gasteiger partial charge is 0.497 e. The molecule has 2 fully saturated rings. The van der Waals surface area contributed by atoms with Crippen molar-refractivity contribution < 1.29 is 24.3 Å². The number of benzene rings is 1. The molecule has 0 bridgehead atoms. The maximum absolute atomic E-state index is 12.2. The molecule has 1 saturated carbocycles. The van der Waals surface area contributed by atoms with E-state index in [9.17, 15) is 15.0 Å². The summed E-state index contributed by atoms with van der Waals surface area (Å²) in [5.74, 6) is 0.845. The van der Waals surface area contributed by atoms with E-state index in [2.05, 4.69) is 15.0 Å². The lowest BCUT2D eigenvalue weighted by molar-refractivity contribution is -0.147. The molecule has 1 aliphatic heterocycles. The Hall–Kier alpha value is -2.97. The van der Waals surface area contributed by atoms with Crippen molar-refractivity contribution in [2.75, 3.05) is 20.2 Å². The predicted octanol–water partition coefficient (Wildman–Crippen LogP) is 4.32. The third-order valence-electron chi connectivity index (χ3n) is 7.95. The molecule has 2 aliphatic rings. The second-order valence-electron chi connectivity index (χ2n) is 10.0. The number of carboxylic acid groups (broad SMARTS) is 1. The number of fused-ring (bicyclic) bond motifs is 1. The van der Waals surface area contributed by atoms with Crippen LogP contribution < -0.4 is 4.74 Å². The molecule has 1 aliphatic carbocycles. The molecule has 3 heterocycles. The number of methoxy groups -OCH3 is 1. The number of nitrogens with zero attached hydrogens (tertiary/aromatic N) is 3. The van der Waals surface area contributed by atoms with Gasteiger partial charge in [-0.2, -0.15) is 0 Å². The number of carbonyl (C=O) groups is 1. The predicted molar refractivity (Wildman–Crippen MR) is 130 cm³/mol. The van der Waals surface area contributed by atoms with Gasteiger partial charge in [0.15, 0.2) is 0 Å². The van der Waals surface area contributed by atoms with E-state index >= 15 is 0 Å². The molecule has 1 aromatic carbocycles. The van der Waals surface area contributed by atoms with Crippen molar-refractivity contribution >= 4 is 16.9 Å². The first-order valence-electron chi connectivity index (χ1n) is 12.4. The summed E-state index contributed by atoms with van der Waals surface area (Å²) in [6.07, 6.45) is 5.04. The summed E-state index contributed by atoms with van der Waals surface area (Å²) in [4.78, 5) is 18.9. The van der Waals surface area contributed by atoms with Crippen molar-refractivity contribution in [2.45, 2.75) is 57.1 Å². The van der Waals surface area contributed by atoms with E-state index in [1.807, 2.05) is 37.3 Å². The Morgan fingerprint density at radius 3 is 2.83 bits per heavy atom. The molecule has 2 N–H and O–H groups in total. The fourth-order valence-corrected chi connectivity index (χ4v) is 5.78. The minimum absolute atomic E-state index is 0.0510. The van der Waals surface area contributed by atoms with E-state index in [-0.39, 0.29) is 5.92 Å². The van der Waals surface area contributed by atoms with Crippen LogP contribution in [0.2, 0.25) is 0 Å². The van der Waals surface area contributed by atoms with Crippen LogP contribution >= 0.6 is 0 Å². The Labute approximate surface area is 204 Å². The number of ether oxygens (including phenoxy) is 1. The first-order chi connectivity index (χ1) is 16.9. The molecule has 5 rings (SSSR count). The summed E-state index contributed by atoms with van der Waals surface area (Å²) < 4.78 is 10.5. The maximum Gasteiger partial charge on any atom is 0.308 e. The molecule has 8 heteroatoms. The van der Waals surface area contributed by atoms with Crippen molar-refractivity contribution in [3.63, 3.8) is 0 Å². The van der Waals surface area contributed by atoms with Crippen molar-refractivity contribution in [3.05, 3.63) is 53.5 Å². The first kappa shape index (κ1) is 23.8. The van der Waals surface area contributed by atoms with Crippen molar-refractivity contribution in [1.29, 1.82) is 0 Å². The van der Waals surface area contributed by atoms with Gasteiger partial charge in [-0.15, -0.1) is 0 Å². The van der Waals surface area contributed by atoms with Crippen molar-refractivity contribution in [1.82, 2.24) is 15.0 Å². The number of hydrogen-bond donors (Lipinski definition) is 2. The Morgan fingerprint density at radius 2 is 2.11 bits per heavy atom. The lowest BCUT2D eigenvalue weighted by Crippen LogP contribution is -2.52. The first-order valence-corrected chi connectivity index (χ1v) is 12.4. The fourth-order valence-electron chi connectivity index (χ4n) is 5.78. The van der Waals surface area contributed by atoms with Gasteiger partial charge < -0.3 is 19.5 Å². The van der Waals surface area contributed by atoms with Gasteiger partial charge in [-0.25, -0.2) is 0 Å². The highest BCUT2D eigenvalue weighted by Gasteiger charge is 2.41. The lowest BCUT2D eigenvalue weighted by atomic mass is 9.74. The van der Waals surface area contributed by atoms with E-state index in [1.54, 1.807) is 13.3 Å². The quantitative estimate of drug-likeness (QED) is 0.492. The van der Waals surface area contributed by atoms with Crippen LogP contribution in [0.1, 0.15) is 61.1 Å². The number of rotatable bonds is 8. The summed E-state index contributed by atoms with van der Waals surface area (Å²) in [5.41, 5.74) is 2.62. The summed E-state index contributed by atoms with van der Waals surface area (Å²) in [6.45, 7) is 3.37. The molecule has 0 spiro atoms. The molecule has 1 unspecified atom stereocenters. The number of aliphatic hydroxyl groups excluding tert-OH is 1. The zero-order valence-electron chi connectivity index (χ0n) is 20.3. The number of aryl methyl sites for hydroxylation is 1. The van der Waals surface area contributed by atoms with E-state index in [0.29, 0.717) is 37.1 Å². The van der Waals surface area contributed by atoms with Gasteiger partial charge in [-0.05, 0) is 81.3 Å². The van der Waals surface area contributed by atoms with Gasteiger partial charge in [0.25, 0.3) is 0 Å². The Balaban J connectivity index is 1.20. The van der Waals surface area contributed by atoms with Crippen LogP contribution in [-0.4, -0.2) is 57.5 Å². The average Bonchev–Trinajstić information content (AvgIpc) is 3.26. The minimum atomic E-state index is -0.740. The molecule has 3 aromatic rings. The topological polar surface area (TPSA) is 109 Å². The molecule has 0 radical (unpaired) electrons.